The fourth-order valence-electron chi connectivity index (χ4n) is 3.39. The maximum Gasteiger partial charge on any atom is 0.292 e. The molecule has 1 aromatic carbocycles. The lowest BCUT2D eigenvalue weighted by Gasteiger charge is -2.34. The van der Waals surface area contributed by atoms with Gasteiger partial charge in [-0.15, -0.1) is 0 Å². The molecule has 0 saturated carbocycles. The van der Waals surface area contributed by atoms with Gasteiger partial charge in [0.15, 0.2) is 0 Å². The first-order valence-electron chi connectivity index (χ1n) is 7.55. The molecule has 1 aliphatic heterocycles. The predicted molar refractivity (Wildman–Crippen MR) is 85.2 cm³/mol. The molecule has 1 aromatic heterocycles. The summed E-state index contributed by atoms with van der Waals surface area (Å²) in [5, 5.41) is 15.5. The SMILES string of the molecule is Cc1cccc([N+](=O)[O-])c1N1CCC(c2ccnn2C)CC1. The van der Waals surface area contributed by atoms with E-state index < -0.39 is 0 Å². The van der Waals surface area contributed by atoms with Crippen LogP contribution in [0, 0.1) is 17.0 Å². The van der Waals surface area contributed by atoms with Gasteiger partial charge in [-0.2, -0.15) is 5.10 Å². The van der Waals surface area contributed by atoms with E-state index >= 15 is 0 Å². The second kappa shape index (κ2) is 5.79. The van der Waals surface area contributed by atoms with Crippen LogP contribution in [0.4, 0.5) is 11.4 Å². The first-order chi connectivity index (χ1) is 10.6. The molecule has 6 nitrogen and oxygen atoms in total. The molecule has 0 N–H and O–H groups in total. The number of piperidine rings is 1. The van der Waals surface area contributed by atoms with Crippen molar-refractivity contribution in [2.75, 3.05) is 18.0 Å². The van der Waals surface area contributed by atoms with Gasteiger partial charge in [0, 0.05) is 44.0 Å². The van der Waals surface area contributed by atoms with Crippen molar-refractivity contribution < 1.29 is 4.92 Å². The highest BCUT2D eigenvalue weighted by molar-refractivity contribution is 5.67. The molecule has 0 radical (unpaired) electrons. The zero-order valence-corrected chi connectivity index (χ0v) is 12.9. The number of aromatic nitrogens is 2. The van der Waals surface area contributed by atoms with Crippen LogP contribution in [-0.4, -0.2) is 27.8 Å². The van der Waals surface area contributed by atoms with Gasteiger partial charge in [-0.05, 0) is 31.4 Å². The molecular weight excluding hydrogens is 280 g/mol. The van der Waals surface area contributed by atoms with Gasteiger partial charge >= 0.3 is 0 Å². The summed E-state index contributed by atoms with van der Waals surface area (Å²) in [7, 11) is 1.97. The van der Waals surface area contributed by atoms with Crippen LogP contribution in [-0.2, 0) is 7.05 Å². The predicted octanol–water partition coefficient (Wildman–Crippen LogP) is 3.02. The summed E-state index contributed by atoms with van der Waals surface area (Å²) in [6, 6.07) is 7.35. The molecule has 1 fully saturated rings. The minimum absolute atomic E-state index is 0.207. The van der Waals surface area contributed by atoms with Crippen molar-refractivity contribution in [3.05, 3.63) is 51.8 Å². The highest BCUT2D eigenvalue weighted by Gasteiger charge is 2.27. The maximum absolute atomic E-state index is 11.3. The molecular formula is C16H20N4O2. The van der Waals surface area contributed by atoms with E-state index in [1.165, 1.54) is 5.69 Å². The van der Waals surface area contributed by atoms with Gasteiger partial charge in [-0.3, -0.25) is 14.8 Å². The number of nitro groups is 1. The van der Waals surface area contributed by atoms with Gasteiger partial charge in [0.05, 0.1) is 4.92 Å². The van der Waals surface area contributed by atoms with Crippen LogP contribution in [0.25, 0.3) is 0 Å². The number of para-hydroxylation sites is 1. The van der Waals surface area contributed by atoms with Crippen molar-refractivity contribution in [3.8, 4) is 0 Å². The molecule has 0 amide bonds. The Morgan fingerprint density at radius 3 is 2.59 bits per heavy atom. The minimum atomic E-state index is -0.282. The van der Waals surface area contributed by atoms with Crippen LogP contribution in [0.5, 0.6) is 0 Å². The average Bonchev–Trinajstić information content (AvgIpc) is 2.93. The Bertz CT molecular complexity index is 687. The Morgan fingerprint density at radius 2 is 2.00 bits per heavy atom. The van der Waals surface area contributed by atoms with Crippen LogP contribution in [0.15, 0.2) is 30.5 Å². The van der Waals surface area contributed by atoms with Crippen LogP contribution >= 0.6 is 0 Å². The molecule has 3 rings (SSSR count). The zero-order valence-electron chi connectivity index (χ0n) is 12.9. The molecule has 22 heavy (non-hydrogen) atoms. The monoisotopic (exact) mass is 300 g/mol. The van der Waals surface area contributed by atoms with Gasteiger partial charge in [0.25, 0.3) is 5.69 Å². The van der Waals surface area contributed by atoms with Crippen molar-refractivity contribution >= 4 is 11.4 Å². The molecule has 0 atom stereocenters. The summed E-state index contributed by atoms with van der Waals surface area (Å²) < 4.78 is 1.93. The summed E-state index contributed by atoms with van der Waals surface area (Å²) >= 11 is 0. The number of nitrogens with zero attached hydrogens (tertiary/aromatic N) is 4. The highest BCUT2D eigenvalue weighted by Crippen LogP contribution is 2.36. The fraction of sp³-hybridized carbons (Fsp3) is 0.438. The number of aryl methyl sites for hydroxylation is 2. The van der Waals surface area contributed by atoms with Crippen LogP contribution in [0.2, 0.25) is 0 Å². The lowest BCUT2D eigenvalue weighted by atomic mass is 9.92. The molecule has 0 bridgehead atoms. The maximum atomic E-state index is 11.3. The molecule has 2 aromatic rings. The first kappa shape index (κ1) is 14.6. The number of hydrogen-bond donors (Lipinski definition) is 0. The normalized spacial score (nSPS) is 16.0. The van der Waals surface area contributed by atoms with Crippen molar-refractivity contribution in [1.82, 2.24) is 9.78 Å². The smallest absolute Gasteiger partial charge is 0.292 e. The van der Waals surface area contributed by atoms with Gasteiger partial charge in [-0.1, -0.05) is 12.1 Å². The van der Waals surface area contributed by atoms with Gasteiger partial charge in [0.2, 0.25) is 0 Å². The third-order valence-electron chi connectivity index (χ3n) is 4.50. The van der Waals surface area contributed by atoms with E-state index in [1.54, 1.807) is 12.1 Å². The van der Waals surface area contributed by atoms with Gasteiger partial charge in [-0.25, -0.2) is 0 Å². The van der Waals surface area contributed by atoms with Crippen molar-refractivity contribution in [2.45, 2.75) is 25.7 Å². The Labute approximate surface area is 129 Å². The van der Waals surface area contributed by atoms with Gasteiger partial charge < -0.3 is 4.90 Å². The Morgan fingerprint density at radius 1 is 1.27 bits per heavy atom. The van der Waals surface area contributed by atoms with E-state index in [2.05, 4.69) is 16.1 Å². The van der Waals surface area contributed by atoms with E-state index in [4.69, 9.17) is 0 Å². The van der Waals surface area contributed by atoms with Crippen molar-refractivity contribution in [2.24, 2.45) is 7.05 Å². The second-order valence-electron chi connectivity index (χ2n) is 5.84. The molecule has 6 heteroatoms. The van der Waals surface area contributed by atoms with E-state index in [0.717, 1.165) is 37.2 Å². The summed E-state index contributed by atoms with van der Waals surface area (Å²) in [6.07, 6.45) is 3.81. The Balaban J connectivity index is 1.80. The number of rotatable bonds is 3. The zero-order chi connectivity index (χ0) is 15.7. The topological polar surface area (TPSA) is 64.2 Å². The third-order valence-corrected chi connectivity index (χ3v) is 4.50. The molecule has 1 aliphatic rings. The van der Waals surface area contributed by atoms with Crippen LogP contribution in [0.3, 0.4) is 0 Å². The summed E-state index contributed by atoms with van der Waals surface area (Å²) in [4.78, 5) is 13.2. The summed E-state index contributed by atoms with van der Waals surface area (Å²) in [5.41, 5.74) is 3.20. The number of hydrogen-bond acceptors (Lipinski definition) is 4. The Hall–Kier alpha value is -2.37. The second-order valence-corrected chi connectivity index (χ2v) is 5.84. The fourth-order valence-corrected chi connectivity index (χ4v) is 3.39. The standard InChI is InChI=1S/C16H20N4O2/c1-12-4-3-5-15(20(21)22)16(12)19-10-7-13(8-11-19)14-6-9-17-18(14)2/h3-6,9,13H,7-8,10-11H2,1-2H3. The number of benzene rings is 1. The quantitative estimate of drug-likeness (QED) is 0.645. The van der Waals surface area contributed by atoms with E-state index in [9.17, 15) is 10.1 Å². The lowest BCUT2D eigenvalue weighted by molar-refractivity contribution is -0.384. The Kier molecular flexibility index (Phi) is 3.83. The third kappa shape index (κ3) is 2.56. The van der Waals surface area contributed by atoms with E-state index in [0.29, 0.717) is 5.92 Å². The number of anilines is 1. The van der Waals surface area contributed by atoms with Crippen molar-refractivity contribution in [1.29, 1.82) is 0 Å². The molecule has 0 aliphatic carbocycles. The minimum Gasteiger partial charge on any atom is -0.366 e. The molecule has 0 spiro atoms. The van der Waals surface area contributed by atoms with Crippen LogP contribution < -0.4 is 4.90 Å². The molecule has 2 heterocycles. The summed E-state index contributed by atoms with van der Waals surface area (Å²) in [6.45, 7) is 3.61. The highest BCUT2D eigenvalue weighted by atomic mass is 16.6. The first-order valence-corrected chi connectivity index (χ1v) is 7.55. The molecule has 0 unspecified atom stereocenters. The van der Waals surface area contributed by atoms with E-state index in [-0.39, 0.29) is 10.6 Å². The average molecular weight is 300 g/mol. The lowest BCUT2D eigenvalue weighted by Crippen LogP contribution is -2.34. The van der Waals surface area contributed by atoms with Crippen molar-refractivity contribution in [3.63, 3.8) is 0 Å². The van der Waals surface area contributed by atoms with E-state index in [1.807, 2.05) is 30.9 Å². The van der Waals surface area contributed by atoms with Gasteiger partial charge in [0.1, 0.15) is 5.69 Å². The molecule has 1 saturated heterocycles. The van der Waals surface area contributed by atoms with Crippen LogP contribution in [0.1, 0.15) is 30.0 Å². The largest absolute Gasteiger partial charge is 0.366 e. The number of nitro benzene ring substituents is 1. The summed E-state index contributed by atoms with van der Waals surface area (Å²) in [5.74, 6) is 0.479. The molecule has 116 valence electrons.